The van der Waals surface area contributed by atoms with E-state index in [1.165, 1.54) is 0 Å². The van der Waals surface area contributed by atoms with Crippen LogP contribution in [0.5, 0.6) is 0 Å². The number of aromatic amines is 1. The molecular formula is C17H22N4O2. The lowest BCUT2D eigenvalue weighted by Crippen LogP contribution is -2.45. The Bertz CT molecular complexity index is 754. The molecule has 0 fully saturated rings. The molecule has 6 heteroatoms. The predicted molar refractivity (Wildman–Crippen MR) is 91.1 cm³/mol. The van der Waals surface area contributed by atoms with Crippen LogP contribution in [0.4, 0.5) is 0 Å². The zero-order valence-corrected chi connectivity index (χ0v) is 13.5. The zero-order valence-electron chi connectivity index (χ0n) is 13.5. The molecule has 1 heterocycles. The molecule has 6 nitrogen and oxygen atoms in total. The maximum Gasteiger partial charge on any atom is 0.258 e. The molecule has 2 rings (SSSR count). The SMILES string of the molecule is C=CCNC(=O)C(C)N(CC)Cc1nc2ccccc2c(=O)[nH]1. The van der Waals surface area contributed by atoms with Crippen LogP contribution >= 0.6 is 0 Å². The van der Waals surface area contributed by atoms with Gasteiger partial charge in [0.2, 0.25) is 5.91 Å². The Morgan fingerprint density at radius 1 is 1.48 bits per heavy atom. The van der Waals surface area contributed by atoms with E-state index in [-0.39, 0.29) is 17.5 Å². The van der Waals surface area contributed by atoms with Gasteiger partial charge in [0.15, 0.2) is 0 Å². The number of fused-ring (bicyclic) bond motifs is 1. The molecule has 0 aliphatic heterocycles. The second-order valence-electron chi connectivity index (χ2n) is 5.30. The van der Waals surface area contributed by atoms with Crippen LogP contribution < -0.4 is 10.9 Å². The molecule has 0 spiro atoms. The molecule has 1 aromatic carbocycles. The fraction of sp³-hybridized carbons (Fsp3) is 0.353. The minimum Gasteiger partial charge on any atom is -0.351 e. The summed E-state index contributed by atoms with van der Waals surface area (Å²) in [5.74, 6) is 0.480. The van der Waals surface area contributed by atoms with E-state index in [4.69, 9.17) is 0 Å². The van der Waals surface area contributed by atoms with Crippen LogP contribution in [0.3, 0.4) is 0 Å². The van der Waals surface area contributed by atoms with Crippen molar-refractivity contribution in [2.75, 3.05) is 13.1 Å². The highest BCUT2D eigenvalue weighted by Crippen LogP contribution is 2.09. The third-order valence-corrected chi connectivity index (χ3v) is 3.77. The smallest absolute Gasteiger partial charge is 0.258 e. The molecule has 0 aliphatic rings. The van der Waals surface area contributed by atoms with Gasteiger partial charge in [-0.15, -0.1) is 6.58 Å². The highest BCUT2D eigenvalue weighted by atomic mass is 16.2. The number of hydrogen-bond donors (Lipinski definition) is 2. The number of rotatable bonds is 7. The van der Waals surface area contributed by atoms with Crippen molar-refractivity contribution in [3.63, 3.8) is 0 Å². The maximum atomic E-state index is 12.1. The van der Waals surface area contributed by atoms with Gasteiger partial charge in [0.1, 0.15) is 5.82 Å². The normalized spacial score (nSPS) is 12.3. The summed E-state index contributed by atoms with van der Waals surface area (Å²) in [6, 6.07) is 6.89. The molecule has 2 aromatic rings. The highest BCUT2D eigenvalue weighted by molar-refractivity contribution is 5.81. The van der Waals surface area contributed by atoms with Crippen molar-refractivity contribution in [1.29, 1.82) is 0 Å². The van der Waals surface area contributed by atoms with Crippen LogP contribution in [0.1, 0.15) is 19.7 Å². The summed E-state index contributed by atoms with van der Waals surface area (Å²) in [5.41, 5.74) is 0.497. The van der Waals surface area contributed by atoms with Crippen molar-refractivity contribution < 1.29 is 4.79 Å². The van der Waals surface area contributed by atoms with Crippen LogP contribution in [0.15, 0.2) is 41.7 Å². The number of nitrogens with one attached hydrogen (secondary N) is 2. The minimum absolute atomic E-state index is 0.0742. The van der Waals surface area contributed by atoms with Crippen molar-refractivity contribution in [2.45, 2.75) is 26.4 Å². The maximum absolute atomic E-state index is 12.1. The van der Waals surface area contributed by atoms with E-state index in [1.807, 2.05) is 36.9 Å². The first kappa shape index (κ1) is 16.9. The van der Waals surface area contributed by atoms with Crippen molar-refractivity contribution in [3.05, 3.63) is 53.1 Å². The first-order chi connectivity index (χ1) is 11.1. The lowest BCUT2D eigenvalue weighted by molar-refractivity contribution is -0.125. The molecular weight excluding hydrogens is 292 g/mol. The molecule has 0 aliphatic carbocycles. The number of likely N-dealkylation sites (N-methyl/N-ethyl adjacent to an activating group) is 1. The fourth-order valence-electron chi connectivity index (χ4n) is 2.41. The molecule has 23 heavy (non-hydrogen) atoms. The van der Waals surface area contributed by atoms with Gasteiger partial charge in [-0.3, -0.25) is 14.5 Å². The summed E-state index contributed by atoms with van der Waals surface area (Å²) in [4.78, 5) is 33.4. The summed E-state index contributed by atoms with van der Waals surface area (Å²) in [5, 5.41) is 3.35. The Hall–Kier alpha value is -2.47. The second-order valence-corrected chi connectivity index (χ2v) is 5.30. The number of aromatic nitrogens is 2. The first-order valence-electron chi connectivity index (χ1n) is 7.67. The third-order valence-electron chi connectivity index (χ3n) is 3.77. The fourth-order valence-corrected chi connectivity index (χ4v) is 2.41. The molecule has 1 atom stereocenters. The summed E-state index contributed by atoms with van der Waals surface area (Å²) in [6.07, 6.45) is 1.64. The molecule has 122 valence electrons. The third kappa shape index (κ3) is 4.04. The lowest BCUT2D eigenvalue weighted by Gasteiger charge is -2.26. The molecule has 0 radical (unpaired) electrons. The second kappa shape index (κ2) is 7.69. The predicted octanol–water partition coefficient (Wildman–Crippen LogP) is 1.44. The number of nitrogens with zero attached hydrogens (tertiary/aromatic N) is 2. The topological polar surface area (TPSA) is 78.1 Å². The first-order valence-corrected chi connectivity index (χ1v) is 7.67. The van der Waals surface area contributed by atoms with E-state index < -0.39 is 0 Å². The molecule has 0 saturated heterocycles. The van der Waals surface area contributed by atoms with E-state index in [2.05, 4.69) is 21.9 Å². The van der Waals surface area contributed by atoms with Crippen molar-refractivity contribution >= 4 is 16.8 Å². The minimum atomic E-state index is -0.322. The summed E-state index contributed by atoms with van der Waals surface area (Å²) >= 11 is 0. The molecule has 1 aromatic heterocycles. The monoisotopic (exact) mass is 314 g/mol. The van der Waals surface area contributed by atoms with Gasteiger partial charge >= 0.3 is 0 Å². The summed E-state index contributed by atoms with van der Waals surface area (Å²) in [7, 11) is 0. The zero-order chi connectivity index (χ0) is 16.8. The standard InChI is InChI=1S/C17H22N4O2/c1-4-10-18-16(22)12(3)21(5-2)11-15-19-14-9-7-6-8-13(14)17(23)20-15/h4,6-9,12H,1,5,10-11H2,2-3H3,(H,18,22)(H,19,20,23). The van der Waals surface area contributed by atoms with E-state index in [9.17, 15) is 9.59 Å². The number of carbonyl (C=O) groups is 1. The molecule has 2 N–H and O–H groups in total. The Balaban J connectivity index is 2.20. The van der Waals surface area contributed by atoms with Crippen LogP contribution in [0, 0.1) is 0 Å². The Morgan fingerprint density at radius 3 is 2.91 bits per heavy atom. The number of para-hydroxylation sites is 1. The lowest BCUT2D eigenvalue weighted by atomic mass is 10.2. The van der Waals surface area contributed by atoms with Crippen LogP contribution in [0.25, 0.3) is 10.9 Å². The Morgan fingerprint density at radius 2 is 2.22 bits per heavy atom. The number of amides is 1. The molecule has 1 unspecified atom stereocenters. The van der Waals surface area contributed by atoms with Gasteiger partial charge in [-0.2, -0.15) is 0 Å². The molecule has 1 amide bonds. The average Bonchev–Trinajstić information content (AvgIpc) is 2.57. The van der Waals surface area contributed by atoms with Gasteiger partial charge in [-0.1, -0.05) is 25.1 Å². The molecule has 0 bridgehead atoms. The van der Waals surface area contributed by atoms with E-state index >= 15 is 0 Å². The number of hydrogen-bond acceptors (Lipinski definition) is 4. The quantitative estimate of drug-likeness (QED) is 0.758. The van der Waals surface area contributed by atoms with Crippen molar-refractivity contribution in [2.24, 2.45) is 0 Å². The van der Waals surface area contributed by atoms with Gasteiger partial charge < -0.3 is 10.3 Å². The summed E-state index contributed by atoms with van der Waals surface area (Å²) in [6.45, 7) is 8.89. The summed E-state index contributed by atoms with van der Waals surface area (Å²) < 4.78 is 0. The van der Waals surface area contributed by atoms with Gasteiger partial charge in [0, 0.05) is 6.54 Å². The number of benzene rings is 1. The van der Waals surface area contributed by atoms with Crippen LogP contribution in [-0.4, -0.2) is 39.9 Å². The highest BCUT2D eigenvalue weighted by Gasteiger charge is 2.20. The van der Waals surface area contributed by atoms with E-state index in [0.717, 1.165) is 0 Å². The van der Waals surface area contributed by atoms with Crippen molar-refractivity contribution in [3.8, 4) is 0 Å². The average molecular weight is 314 g/mol. The van der Waals surface area contributed by atoms with E-state index in [0.29, 0.717) is 36.4 Å². The molecule has 0 saturated carbocycles. The van der Waals surface area contributed by atoms with Gasteiger partial charge in [-0.25, -0.2) is 4.98 Å². The number of H-pyrrole nitrogens is 1. The van der Waals surface area contributed by atoms with Gasteiger partial charge in [0.25, 0.3) is 5.56 Å². The van der Waals surface area contributed by atoms with Gasteiger partial charge in [-0.05, 0) is 25.6 Å². The Labute approximate surface area is 135 Å². The largest absolute Gasteiger partial charge is 0.351 e. The Kier molecular flexibility index (Phi) is 5.65. The van der Waals surface area contributed by atoms with Gasteiger partial charge in [0.05, 0.1) is 23.5 Å². The van der Waals surface area contributed by atoms with Crippen LogP contribution in [0.2, 0.25) is 0 Å². The van der Waals surface area contributed by atoms with E-state index in [1.54, 1.807) is 12.1 Å². The number of carbonyl (C=O) groups excluding carboxylic acids is 1. The van der Waals surface area contributed by atoms with Crippen molar-refractivity contribution in [1.82, 2.24) is 20.2 Å². The van der Waals surface area contributed by atoms with Crippen LogP contribution in [-0.2, 0) is 11.3 Å².